The van der Waals surface area contributed by atoms with Gasteiger partial charge in [-0.25, -0.2) is 4.39 Å². The van der Waals surface area contributed by atoms with E-state index in [0.29, 0.717) is 10.6 Å². The van der Waals surface area contributed by atoms with Gasteiger partial charge in [0.2, 0.25) is 0 Å². The molecule has 3 N–H and O–H groups in total. The Kier molecular flexibility index (Phi) is 3.13. The van der Waals surface area contributed by atoms with E-state index in [1.807, 2.05) is 0 Å². The summed E-state index contributed by atoms with van der Waals surface area (Å²) in [6.45, 7) is 0. The van der Waals surface area contributed by atoms with Crippen LogP contribution in [-0.2, 0) is 4.79 Å². The average molecular weight is 201 g/mol. The highest BCUT2D eigenvalue weighted by molar-refractivity contribution is 8.00. The Morgan fingerprint density at radius 1 is 1.54 bits per heavy atom. The van der Waals surface area contributed by atoms with Crippen molar-refractivity contribution in [3.05, 3.63) is 24.0 Å². The van der Waals surface area contributed by atoms with Gasteiger partial charge >= 0.3 is 5.97 Å². The molecule has 0 aliphatic rings. The lowest BCUT2D eigenvalue weighted by Crippen LogP contribution is -1.97. The lowest BCUT2D eigenvalue weighted by molar-refractivity contribution is -0.133. The zero-order valence-corrected chi connectivity index (χ0v) is 7.47. The SMILES string of the molecule is Nc1cc(F)cc(SCC(=O)O)c1. The molecule has 0 amide bonds. The van der Waals surface area contributed by atoms with Crippen LogP contribution in [0.15, 0.2) is 23.1 Å². The summed E-state index contributed by atoms with van der Waals surface area (Å²) < 4.78 is 12.7. The maximum atomic E-state index is 12.7. The van der Waals surface area contributed by atoms with E-state index >= 15 is 0 Å². The number of nitrogens with two attached hydrogens (primary N) is 1. The Hall–Kier alpha value is -1.23. The van der Waals surface area contributed by atoms with Crippen molar-refractivity contribution < 1.29 is 14.3 Å². The van der Waals surface area contributed by atoms with E-state index < -0.39 is 11.8 Å². The molecule has 70 valence electrons. The number of nitrogen functional groups attached to an aromatic ring is 1. The molecule has 0 saturated heterocycles. The Morgan fingerprint density at radius 3 is 2.77 bits per heavy atom. The second-order valence-corrected chi connectivity index (χ2v) is 3.45. The van der Waals surface area contributed by atoms with Gasteiger partial charge in [-0.3, -0.25) is 4.79 Å². The van der Waals surface area contributed by atoms with Gasteiger partial charge in [-0.1, -0.05) is 0 Å². The van der Waals surface area contributed by atoms with Gasteiger partial charge in [-0.05, 0) is 18.2 Å². The maximum absolute atomic E-state index is 12.7. The van der Waals surface area contributed by atoms with E-state index in [1.165, 1.54) is 18.2 Å². The van der Waals surface area contributed by atoms with Crippen LogP contribution in [0.5, 0.6) is 0 Å². The molecule has 0 saturated carbocycles. The smallest absolute Gasteiger partial charge is 0.313 e. The number of carboxylic acids is 1. The zero-order chi connectivity index (χ0) is 9.84. The predicted octanol–water partition coefficient (Wildman–Crippen LogP) is 1.58. The van der Waals surface area contributed by atoms with Crippen LogP contribution < -0.4 is 5.73 Å². The van der Waals surface area contributed by atoms with Gasteiger partial charge < -0.3 is 10.8 Å². The van der Waals surface area contributed by atoms with Crippen molar-refractivity contribution in [3.63, 3.8) is 0 Å². The molecule has 0 unspecified atom stereocenters. The molecule has 0 radical (unpaired) electrons. The minimum Gasteiger partial charge on any atom is -0.481 e. The van der Waals surface area contributed by atoms with Crippen LogP contribution in [-0.4, -0.2) is 16.8 Å². The van der Waals surface area contributed by atoms with Gasteiger partial charge in [0, 0.05) is 10.6 Å². The number of aliphatic carboxylic acids is 1. The summed E-state index contributed by atoms with van der Waals surface area (Å²) in [6.07, 6.45) is 0. The summed E-state index contributed by atoms with van der Waals surface area (Å²) in [5.74, 6) is -1.48. The normalized spacial score (nSPS) is 9.92. The van der Waals surface area contributed by atoms with Crippen molar-refractivity contribution in [1.82, 2.24) is 0 Å². The molecule has 0 aliphatic heterocycles. The standard InChI is InChI=1S/C8H8FNO2S/c9-5-1-6(10)3-7(2-5)13-4-8(11)12/h1-3H,4,10H2,(H,11,12). The molecular formula is C8H8FNO2S. The highest BCUT2D eigenvalue weighted by Gasteiger charge is 2.02. The van der Waals surface area contributed by atoms with Crippen LogP contribution in [0.3, 0.4) is 0 Å². The Bertz CT molecular complexity index is 310. The first-order valence-electron chi connectivity index (χ1n) is 3.48. The molecule has 1 aromatic rings. The fourth-order valence-corrected chi connectivity index (χ4v) is 1.52. The molecule has 1 rings (SSSR count). The summed E-state index contributed by atoms with van der Waals surface area (Å²) in [7, 11) is 0. The van der Waals surface area contributed by atoms with Crippen LogP contribution in [0.4, 0.5) is 10.1 Å². The summed E-state index contributed by atoms with van der Waals surface area (Å²) in [6, 6.07) is 3.98. The highest BCUT2D eigenvalue weighted by Crippen LogP contribution is 2.21. The van der Waals surface area contributed by atoms with Crippen molar-refractivity contribution in [2.45, 2.75) is 4.90 Å². The third-order valence-electron chi connectivity index (χ3n) is 1.26. The van der Waals surface area contributed by atoms with Crippen LogP contribution in [0, 0.1) is 5.82 Å². The molecule has 0 fully saturated rings. The van der Waals surface area contributed by atoms with Gasteiger partial charge in [0.1, 0.15) is 5.82 Å². The van der Waals surface area contributed by atoms with Crippen LogP contribution in [0.1, 0.15) is 0 Å². The molecule has 1 aromatic carbocycles. The zero-order valence-electron chi connectivity index (χ0n) is 6.66. The minimum atomic E-state index is -0.937. The Balaban J connectivity index is 2.71. The van der Waals surface area contributed by atoms with Gasteiger partial charge in [0.15, 0.2) is 0 Å². The molecule has 0 bridgehead atoms. The topological polar surface area (TPSA) is 63.3 Å². The van der Waals surface area contributed by atoms with Gasteiger partial charge in [-0.2, -0.15) is 0 Å². The van der Waals surface area contributed by atoms with Crippen molar-refractivity contribution >= 4 is 23.4 Å². The third-order valence-corrected chi connectivity index (χ3v) is 2.22. The van der Waals surface area contributed by atoms with E-state index in [2.05, 4.69) is 0 Å². The second-order valence-electron chi connectivity index (χ2n) is 2.40. The number of carbonyl (C=O) groups is 1. The number of rotatable bonds is 3. The molecule has 0 atom stereocenters. The number of anilines is 1. The van der Waals surface area contributed by atoms with E-state index in [4.69, 9.17) is 10.8 Å². The third kappa shape index (κ3) is 3.33. The molecule has 0 aromatic heterocycles. The van der Waals surface area contributed by atoms with Gasteiger partial charge in [0.25, 0.3) is 0 Å². The van der Waals surface area contributed by atoms with Gasteiger partial charge in [0.05, 0.1) is 5.75 Å². The quantitative estimate of drug-likeness (QED) is 0.575. The number of halogens is 1. The van der Waals surface area contributed by atoms with E-state index in [-0.39, 0.29) is 5.75 Å². The largest absolute Gasteiger partial charge is 0.481 e. The van der Waals surface area contributed by atoms with Crippen molar-refractivity contribution in [2.75, 3.05) is 11.5 Å². The number of hydrogen-bond donors (Lipinski definition) is 2. The van der Waals surface area contributed by atoms with Crippen molar-refractivity contribution in [2.24, 2.45) is 0 Å². The molecule has 0 aliphatic carbocycles. The molecule has 5 heteroatoms. The fourth-order valence-electron chi connectivity index (χ4n) is 0.813. The summed E-state index contributed by atoms with van der Waals surface area (Å²) in [4.78, 5) is 10.7. The van der Waals surface area contributed by atoms with Crippen LogP contribution in [0.2, 0.25) is 0 Å². The van der Waals surface area contributed by atoms with E-state index in [1.54, 1.807) is 0 Å². The van der Waals surface area contributed by atoms with Crippen LogP contribution >= 0.6 is 11.8 Å². The molecule has 0 heterocycles. The van der Waals surface area contributed by atoms with Crippen molar-refractivity contribution in [3.8, 4) is 0 Å². The summed E-state index contributed by atoms with van der Waals surface area (Å²) >= 11 is 1.04. The first kappa shape index (κ1) is 9.85. The van der Waals surface area contributed by atoms with E-state index in [0.717, 1.165) is 11.8 Å². The number of thioether (sulfide) groups is 1. The minimum absolute atomic E-state index is 0.0944. The molecule has 3 nitrogen and oxygen atoms in total. The maximum Gasteiger partial charge on any atom is 0.313 e. The molecule has 13 heavy (non-hydrogen) atoms. The first-order chi connectivity index (χ1) is 6.08. The monoisotopic (exact) mass is 201 g/mol. The Morgan fingerprint density at radius 2 is 2.23 bits per heavy atom. The number of hydrogen-bond acceptors (Lipinski definition) is 3. The van der Waals surface area contributed by atoms with Gasteiger partial charge in [-0.15, -0.1) is 11.8 Å². The van der Waals surface area contributed by atoms with Crippen LogP contribution in [0.25, 0.3) is 0 Å². The molecule has 0 spiro atoms. The average Bonchev–Trinajstić information content (AvgIpc) is 1.99. The van der Waals surface area contributed by atoms with E-state index in [9.17, 15) is 9.18 Å². The fraction of sp³-hybridized carbons (Fsp3) is 0.125. The lowest BCUT2D eigenvalue weighted by atomic mass is 10.3. The molecular weight excluding hydrogens is 193 g/mol. The summed E-state index contributed by atoms with van der Waals surface area (Å²) in [5.41, 5.74) is 5.66. The second kappa shape index (κ2) is 4.13. The predicted molar refractivity (Wildman–Crippen MR) is 49.2 cm³/mol. The highest BCUT2D eigenvalue weighted by atomic mass is 32.2. The first-order valence-corrected chi connectivity index (χ1v) is 4.47. The Labute approximate surface area is 78.7 Å². The number of carboxylic acid groups (broad SMARTS) is 1. The summed E-state index contributed by atoms with van der Waals surface area (Å²) in [5, 5.41) is 8.37. The lowest BCUT2D eigenvalue weighted by Gasteiger charge is -2.00. The van der Waals surface area contributed by atoms with Crippen molar-refractivity contribution in [1.29, 1.82) is 0 Å². The number of benzene rings is 1.